The zero-order chi connectivity index (χ0) is 14.1. The number of rotatable bonds is 2. The van der Waals surface area contributed by atoms with Crippen LogP contribution in [0.25, 0.3) is 0 Å². The van der Waals surface area contributed by atoms with Gasteiger partial charge in [-0.2, -0.15) is 0 Å². The molecule has 1 atom stereocenters. The molecule has 1 amide bonds. The molecule has 7 heteroatoms. The number of amides is 1. The molecule has 0 aromatic carbocycles. The number of aliphatic carboxylic acids is 1. The van der Waals surface area contributed by atoms with Crippen molar-refractivity contribution in [2.45, 2.75) is 31.6 Å². The Bertz CT molecular complexity index is 543. The van der Waals surface area contributed by atoms with Crippen LogP contribution in [0.15, 0.2) is 0 Å². The van der Waals surface area contributed by atoms with Gasteiger partial charge in [0, 0.05) is 30.9 Å². The van der Waals surface area contributed by atoms with Crippen molar-refractivity contribution in [1.82, 2.24) is 10.3 Å². The maximum atomic E-state index is 11.4. The highest BCUT2D eigenvalue weighted by atomic mass is 32.1. The fourth-order valence-electron chi connectivity index (χ4n) is 2.74. The molecule has 1 aromatic heterocycles. The van der Waals surface area contributed by atoms with Gasteiger partial charge in [0.15, 0.2) is 5.13 Å². The molecule has 1 unspecified atom stereocenters. The third-order valence-electron chi connectivity index (χ3n) is 3.82. The Hall–Kier alpha value is -1.63. The monoisotopic (exact) mass is 295 g/mol. The average Bonchev–Trinajstić information content (AvgIpc) is 2.74. The minimum Gasteiger partial charge on any atom is -0.481 e. The predicted molar refractivity (Wildman–Crippen MR) is 75.3 cm³/mol. The molecule has 2 aliphatic rings. The van der Waals surface area contributed by atoms with Crippen molar-refractivity contribution in [1.29, 1.82) is 0 Å². The molecular weight excluding hydrogens is 278 g/mol. The van der Waals surface area contributed by atoms with E-state index in [9.17, 15) is 14.7 Å². The standard InChI is InChI=1S/C13H17N3O3S/c17-10-4-6-16(7-5-14-10)13-15-11-8(12(18)19)2-1-3-9(11)20-13/h8H,1-7H2,(H,14,17)(H,18,19). The van der Waals surface area contributed by atoms with Crippen LogP contribution in [0.4, 0.5) is 5.13 Å². The summed E-state index contributed by atoms with van der Waals surface area (Å²) in [6.07, 6.45) is 2.96. The molecule has 0 bridgehead atoms. The van der Waals surface area contributed by atoms with E-state index in [1.165, 1.54) is 0 Å². The number of carbonyl (C=O) groups excluding carboxylic acids is 1. The van der Waals surface area contributed by atoms with Crippen LogP contribution >= 0.6 is 11.3 Å². The highest BCUT2D eigenvalue weighted by molar-refractivity contribution is 7.15. The molecule has 1 aliphatic carbocycles. The second-order valence-electron chi connectivity index (χ2n) is 5.17. The number of aromatic nitrogens is 1. The van der Waals surface area contributed by atoms with Gasteiger partial charge >= 0.3 is 5.97 Å². The van der Waals surface area contributed by atoms with E-state index >= 15 is 0 Å². The number of anilines is 1. The summed E-state index contributed by atoms with van der Waals surface area (Å²) in [5.41, 5.74) is 0.743. The molecule has 1 aliphatic heterocycles. The molecule has 6 nitrogen and oxygen atoms in total. The minimum absolute atomic E-state index is 0.0669. The van der Waals surface area contributed by atoms with Crippen LogP contribution in [0.5, 0.6) is 0 Å². The minimum atomic E-state index is -0.782. The molecule has 2 N–H and O–H groups in total. The first-order valence-corrected chi connectivity index (χ1v) is 7.71. The van der Waals surface area contributed by atoms with Gasteiger partial charge in [0.25, 0.3) is 0 Å². The van der Waals surface area contributed by atoms with Gasteiger partial charge in [0.05, 0.1) is 5.69 Å². The van der Waals surface area contributed by atoms with Crippen molar-refractivity contribution in [2.24, 2.45) is 0 Å². The molecule has 1 fully saturated rings. The summed E-state index contributed by atoms with van der Waals surface area (Å²) in [7, 11) is 0. The zero-order valence-electron chi connectivity index (χ0n) is 11.1. The van der Waals surface area contributed by atoms with Gasteiger partial charge < -0.3 is 15.3 Å². The lowest BCUT2D eigenvalue weighted by Gasteiger charge is -2.18. The molecule has 20 heavy (non-hydrogen) atoms. The quantitative estimate of drug-likeness (QED) is 0.849. The van der Waals surface area contributed by atoms with E-state index in [1.807, 2.05) is 0 Å². The lowest BCUT2D eigenvalue weighted by molar-refractivity contribution is -0.139. The van der Waals surface area contributed by atoms with Gasteiger partial charge in [-0.3, -0.25) is 9.59 Å². The lowest BCUT2D eigenvalue weighted by Crippen LogP contribution is -2.28. The summed E-state index contributed by atoms with van der Waals surface area (Å²) >= 11 is 1.59. The lowest BCUT2D eigenvalue weighted by atomic mass is 9.91. The fourth-order valence-corrected chi connectivity index (χ4v) is 3.95. The average molecular weight is 295 g/mol. The number of hydrogen-bond acceptors (Lipinski definition) is 5. The van der Waals surface area contributed by atoms with E-state index in [0.29, 0.717) is 25.9 Å². The number of fused-ring (bicyclic) bond motifs is 1. The van der Waals surface area contributed by atoms with Crippen LogP contribution < -0.4 is 10.2 Å². The van der Waals surface area contributed by atoms with Crippen LogP contribution in [-0.4, -0.2) is 41.6 Å². The van der Waals surface area contributed by atoms with Gasteiger partial charge in [0.1, 0.15) is 5.92 Å². The Morgan fingerprint density at radius 3 is 3.05 bits per heavy atom. The van der Waals surface area contributed by atoms with Crippen molar-refractivity contribution in [3.05, 3.63) is 10.6 Å². The number of nitrogens with zero attached hydrogens (tertiary/aromatic N) is 2. The molecule has 108 valence electrons. The van der Waals surface area contributed by atoms with Crippen molar-refractivity contribution in [2.75, 3.05) is 24.5 Å². The Balaban J connectivity index is 1.85. The second kappa shape index (κ2) is 5.40. The van der Waals surface area contributed by atoms with E-state index in [-0.39, 0.29) is 5.91 Å². The summed E-state index contributed by atoms with van der Waals surface area (Å²) < 4.78 is 0. The number of hydrogen-bond donors (Lipinski definition) is 2. The van der Waals surface area contributed by atoms with Crippen LogP contribution in [0.2, 0.25) is 0 Å². The van der Waals surface area contributed by atoms with Crippen molar-refractivity contribution in [3.63, 3.8) is 0 Å². The first-order valence-electron chi connectivity index (χ1n) is 6.89. The highest BCUT2D eigenvalue weighted by Crippen LogP contribution is 2.38. The molecule has 0 spiro atoms. The summed E-state index contributed by atoms with van der Waals surface area (Å²) in [6, 6.07) is 0. The van der Waals surface area contributed by atoms with E-state index < -0.39 is 11.9 Å². The van der Waals surface area contributed by atoms with E-state index in [2.05, 4.69) is 15.2 Å². The molecule has 3 rings (SSSR count). The molecule has 2 heterocycles. The van der Waals surface area contributed by atoms with Crippen molar-refractivity contribution < 1.29 is 14.7 Å². The largest absolute Gasteiger partial charge is 0.481 e. The predicted octanol–water partition coefficient (Wildman–Crippen LogP) is 0.974. The second-order valence-corrected chi connectivity index (χ2v) is 6.24. The third-order valence-corrected chi connectivity index (χ3v) is 5.02. The van der Waals surface area contributed by atoms with Gasteiger partial charge in [-0.05, 0) is 19.3 Å². The summed E-state index contributed by atoms with van der Waals surface area (Å²) in [6.45, 7) is 2.00. The van der Waals surface area contributed by atoms with Gasteiger partial charge in [-0.15, -0.1) is 11.3 Å². The van der Waals surface area contributed by atoms with Crippen LogP contribution in [0, 0.1) is 0 Å². The maximum Gasteiger partial charge on any atom is 0.312 e. The van der Waals surface area contributed by atoms with Crippen molar-refractivity contribution >= 4 is 28.3 Å². The van der Waals surface area contributed by atoms with E-state index in [4.69, 9.17) is 0 Å². The molecule has 0 radical (unpaired) electrons. The molecule has 0 saturated carbocycles. The Labute approximate surface area is 120 Å². The van der Waals surface area contributed by atoms with Gasteiger partial charge in [-0.25, -0.2) is 4.98 Å². The highest BCUT2D eigenvalue weighted by Gasteiger charge is 2.31. The molecule has 1 saturated heterocycles. The van der Waals surface area contributed by atoms with Gasteiger partial charge in [0.2, 0.25) is 5.91 Å². The third kappa shape index (κ3) is 2.49. The summed E-state index contributed by atoms with van der Waals surface area (Å²) in [4.78, 5) is 30.4. The normalized spacial score (nSPS) is 22.9. The fraction of sp³-hybridized carbons (Fsp3) is 0.615. The molecular formula is C13H17N3O3S. The Morgan fingerprint density at radius 1 is 1.40 bits per heavy atom. The van der Waals surface area contributed by atoms with Crippen LogP contribution in [-0.2, 0) is 16.0 Å². The number of aryl methyl sites for hydroxylation is 1. The zero-order valence-corrected chi connectivity index (χ0v) is 11.9. The van der Waals surface area contributed by atoms with Gasteiger partial charge in [-0.1, -0.05) is 0 Å². The van der Waals surface area contributed by atoms with E-state index in [0.717, 1.165) is 35.1 Å². The first-order chi connectivity index (χ1) is 9.65. The first kappa shape index (κ1) is 13.4. The number of nitrogens with one attached hydrogen (secondary N) is 1. The van der Waals surface area contributed by atoms with Crippen LogP contribution in [0.3, 0.4) is 0 Å². The number of thiazole rings is 1. The van der Waals surface area contributed by atoms with E-state index in [1.54, 1.807) is 11.3 Å². The number of carbonyl (C=O) groups is 2. The molecule has 1 aromatic rings. The summed E-state index contributed by atoms with van der Waals surface area (Å²) in [5.74, 6) is -1.18. The maximum absolute atomic E-state index is 11.4. The Kier molecular flexibility index (Phi) is 3.60. The van der Waals surface area contributed by atoms with Crippen LogP contribution in [0.1, 0.15) is 35.8 Å². The SMILES string of the molecule is O=C1CCN(c2nc3c(s2)CCCC3C(=O)O)CCN1. The summed E-state index contributed by atoms with van der Waals surface area (Å²) in [5, 5.41) is 13.0. The topological polar surface area (TPSA) is 82.5 Å². The van der Waals surface area contributed by atoms with Crippen molar-refractivity contribution in [3.8, 4) is 0 Å². The Morgan fingerprint density at radius 2 is 2.25 bits per heavy atom. The smallest absolute Gasteiger partial charge is 0.312 e. The number of carboxylic acid groups (broad SMARTS) is 1. The number of carboxylic acids is 1.